The molecule has 0 aliphatic carbocycles. The molecule has 0 amide bonds. The molecule has 1 aliphatic heterocycles. The van der Waals surface area contributed by atoms with E-state index in [1.54, 1.807) is 19.5 Å². The molecule has 2 heterocycles. The Labute approximate surface area is 153 Å². The molecular weight excluding hydrogens is 334 g/mol. The number of hydrogen-bond donors (Lipinski definition) is 1. The zero-order chi connectivity index (χ0) is 18.4. The number of morpholine rings is 1. The molecule has 0 spiro atoms. The van der Waals surface area contributed by atoms with Crippen LogP contribution in [-0.2, 0) is 4.74 Å². The molecule has 3 rings (SSSR count). The van der Waals surface area contributed by atoms with E-state index in [0.29, 0.717) is 24.1 Å². The summed E-state index contributed by atoms with van der Waals surface area (Å²) in [4.78, 5) is 6.46. The molecular formula is C18H25N5O3. The van der Waals surface area contributed by atoms with E-state index in [1.807, 2.05) is 25.1 Å². The number of aryl methyl sites for hydroxylation is 1. The lowest BCUT2D eigenvalue weighted by Crippen LogP contribution is -2.38. The summed E-state index contributed by atoms with van der Waals surface area (Å²) >= 11 is 0. The second-order valence-electron chi connectivity index (χ2n) is 6.01. The molecule has 1 aromatic heterocycles. The highest BCUT2D eigenvalue weighted by Crippen LogP contribution is 2.30. The van der Waals surface area contributed by atoms with Gasteiger partial charge in [0.05, 0.1) is 38.4 Å². The minimum absolute atomic E-state index is 0.344. The Balaban J connectivity index is 1.71. The number of nitrogen functional groups attached to an aromatic ring is 1. The smallest absolute Gasteiger partial charge is 0.221 e. The van der Waals surface area contributed by atoms with Crippen LogP contribution in [0.15, 0.2) is 29.5 Å². The van der Waals surface area contributed by atoms with Crippen molar-refractivity contribution in [3.05, 3.63) is 35.7 Å². The second kappa shape index (κ2) is 8.68. The fourth-order valence-corrected chi connectivity index (χ4v) is 2.77. The molecule has 1 aromatic carbocycles. The highest BCUT2D eigenvalue weighted by molar-refractivity contribution is 5.85. The maximum absolute atomic E-state index is 6.03. The van der Waals surface area contributed by atoms with E-state index in [0.717, 1.165) is 44.1 Å². The summed E-state index contributed by atoms with van der Waals surface area (Å²) < 4.78 is 18.4. The Kier molecular flexibility index (Phi) is 6.08. The number of aromatic nitrogens is 2. The predicted octanol–water partition coefficient (Wildman–Crippen LogP) is 1.38. The number of imidazole rings is 1. The largest absolute Gasteiger partial charge is 0.493 e. The molecule has 2 N–H and O–H groups in total. The van der Waals surface area contributed by atoms with Crippen molar-refractivity contribution in [3.63, 3.8) is 0 Å². The van der Waals surface area contributed by atoms with Crippen LogP contribution in [0.1, 0.15) is 11.3 Å². The molecule has 1 saturated heterocycles. The number of anilines is 1. The van der Waals surface area contributed by atoms with Gasteiger partial charge in [0.2, 0.25) is 5.95 Å². The molecule has 0 unspecified atom stereocenters. The van der Waals surface area contributed by atoms with Crippen molar-refractivity contribution in [1.29, 1.82) is 0 Å². The molecule has 8 heteroatoms. The number of nitrogens with two attached hydrogens (primary N) is 1. The van der Waals surface area contributed by atoms with E-state index in [4.69, 9.17) is 19.9 Å². The van der Waals surface area contributed by atoms with Crippen molar-refractivity contribution in [2.45, 2.75) is 6.92 Å². The number of rotatable bonds is 7. The Hall–Kier alpha value is -2.58. The van der Waals surface area contributed by atoms with Gasteiger partial charge in [-0.15, -0.1) is 0 Å². The summed E-state index contributed by atoms with van der Waals surface area (Å²) in [5, 5.41) is 4.37. The van der Waals surface area contributed by atoms with Crippen LogP contribution >= 0.6 is 0 Å². The zero-order valence-corrected chi connectivity index (χ0v) is 15.2. The maximum Gasteiger partial charge on any atom is 0.221 e. The van der Waals surface area contributed by atoms with Gasteiger partial charge in [-0.1, -0.05) is 6.07 Å². The third kappa shape index (κ3) is 4.53. The first kappa shape index (κ1) is 18.2. The quantitative estimate of drug-likeness (QED) is 0.752. The lowest BCUT2D eigenvalue weighted by molar-refractivity contribution is 0.0321. The van der Waals surface area contributed by atoms with Crippen LogP contribution < -0.4 is 15.2 Å². The second-order valence-corrected chi connectivity index (χ2v) is 6.01. The van der Waals surface area contributed by atoms with Gasteiger partial charge in [0.1, 0.15) is 6.61 Å². The molecule has 0 radical (unpaired) electrons. The minimum atomic E-state index is 0.344. The van der Waals surface area contributed by atoms with Gasteiger partial charge < -0.3 is 19.9 Å². The molecule has 8 nitrogen and oxygen atoms in total. The van der Waals surface area contributed by atoms with E-state index in [1.165, 1.54) is 4.68 Å². The number of methoxy groups -OCH3 is 1. The van der Waals surface area contributed by atoms with Crippen molar-refractivity contribution >= 4 is 12.2 Å². The number of nitrogens with zero attached hydrogens (tertiary/aromatic N) is 4. The van der Waals surface area contributed by atoms with Gasteiger partial charge in [-0.2, -0.15) is 5.10 Å². The first-order valence-electron chi connectivity index (χ1n) is 8.63. The van der Waals surface area contributed by atoms with Gasteiger partial charge in [-0.25, -0.2) is 9.66 Å². The fraction of sp³-hybridized carbons (Fsp3) is 0.444. The molecule has 1 fully saturated rings. The van der Waals surface area contributed by atoms with E-state index in [2.05, 4.69) is 15.0 Å². The monoisotopic (exact) mass is 359 g/mol. The van der Waals surface area contributed by atoms with Crippen LogP contribution in [0.4, 0.5) is 5.95 Å². The average Bonchev–Trinajstić information content (AvgIpc) is 2.98. The van der Waals surface area contributed by atoms with Gasteiger partial charge in [0.25, 0.3) is 0 Å². The predicted molar refractivity (Wildman–Crippen MR) is 100 cm³/mol. The topological polar surface area (TPSA) is 87.1 Å². The molecule has 2 aromatic rings. The normalized spacial score (nSPS) is 15.5. The molecule has 0 saturated carbocycles. The summed E-state index contributed by atoms with van der Waals surface area (Å²) in [5.41, 5.74) is 7.46. The van der Waals surface area contributed by atoms with E-state index in [-0.39, 0.29) is 0 Å². The highest BCUT2D eigenvalue weighted by Gasteiger charge is 2.13. The van der Waals surface area contributed by atoms with Crippen LogP contribution in [-0.4, -0.2) is 67.3 Å². The van der Waals surface area contributed by atoms with Gasteiger partial charge >= 0.3 is 0 Å². The standard InChI is InChI=1S/C18H25N5O3/c1-14-13-23(18(19)21-14)20-12-15-4-3-5-16(24-2)17(15)26-11-8-22-6-9-25-10-7-22/h3-5,12-13H,6-11H2,1-2H3,(H2,19,21). The van der Waals surface area contributed by atoms with Crippen LogP contribution in [0.3, 0.4) is 0 Å². The Morgan fingerprint density at radius 1 is 1.35 bits per heavy atom. The lowest BCUT2D eigenvalue weighted by atomic mass is 10.2. The molecule has 0 bridgehead atoms. The van der Waals surface area contributed by atoms with Crippen molar-refractivity contribution in [2.75, 3.05) is 52.3 Å². The third-order valence-corrected chi connectivity index (χ3v) is 4.14. The first-order valence-corrected chi connectivity index (χ1v) is 8.63. The Morgan fingerprint density at radius 2 is 2.15 bits per heavy atom. The molecule has 1 aliphatic rings. The van der Waals surface area contributed by atoms with Crippen LogP contribution in [0.25, 0.3) is 0 Å². The Morgan fingerprint density at radius 3 is 2.85 bits per heavy atom. The SMILES string of the molecule is COc1cccc(C=Nn2cc(C)nc2N)c1OCCN1CCOCC1. The van der Waals surface area contributed by atoms with Gasteiger partial charge in [0.15, 0.2) is 11.5 Å². The summed E-state index contributed by atoms with van der Waals surface area (Å²) in [6, 6.07) is 5.70. The maximum atomic E-state index is 6.03. The fourth-order valence-electron chi connectivity index (χ4n) is 2.77. The Bertz CT molecular complexity index is 753. The van der Waals surface area contributed by atoms with Gasteiger partial charge in [0, 0.05) is 25.2 Å². The summed E-state index contributed by atoms with van der Waals surface area (Å²) in [6.07, 6.45) is 3.47. The van der Waals surface area contributed by atoms with Crippen LogP contribution in [0.5, 0.6) is 11.5 Å². The minimum Gasteiger partial charge on any atom is -0.493 e. The lowest BCUT2D eigenvalue weighted by Gasteiger charge is -2.26. The van der Waals surface area contributed by atoms with E-state index < -0.39 is 0 Å². The van der Waals surface area contributed by atoms with Crippen molar-refractivity contribution in [1.82, 2.24) is 14.6 Å². The summed E-state index contributed by atoms with van der Waals surface area (Å²) in [6.45, 7) is 6.69. The molecule has 140 valence electrons. The summed E-state index contributed by atoms with van der Waals surface area (Å²) in [5.74, 6) is 1.68. The van der Waals surface area contributed by atoms with Crippen molar-refractivity contribution < 1.29 is 14.2 Å². The first-order chi connectivity index (χ1) is 12.7. The van der Waals surface area contributed by atoms with E-state index >= 15 is 0 Å². The van der Waals surface area contributed by atoms with E-state index in [9.17, 15) is 0 Å². The molecule has 26 heavy (non-hydrogen) atoms. The molecule has 0 atom stereocenters. The number of benzene rings is 1. The zero-order valence-electron chi connectivity index (χ0n) is 15.2. The number of hydrogen-bond acceptors (Lipinski definition) is 7. The number of ether oxygens (including phenoxy) is 3. The highest BCUT2D eigenvalue weighted by atomic mass is 16.5. The summed E-state index contributed by atoms with van der Waals surface area (Å²) in [7, 11) is 1.63. The third-order valence-electron chi connectivity index (χ3n) is 4.14. The van der Waals surface area contributed by atoms with Crippen molar-refractivity contribution in [3.8, 4) is 11.5 Å². The number of para-hydroxylation sites is 1. The average molecular weight is 359 g/mol. The van der Waals surface area contributed by atoms with Crippen LogP contribution in [0.2, 0.25) is 0 Å². The van der Waals surface area contributed by atoms with Gasteiger partial charge in [-0.3, -0.25) is 4.90 Å². The van der Waals surface area contributed by atoms with Crippen molar-refractivity contribution in [2.24, 2.45) is 5.10 Å². The van der Waals surface area contributed by atoms with Crippen LogP contribution in [0, 0.1) is 6.92 Å². The van der Waals surface area contributed by atoms with Gasteiger partial charge in [-0.05, 0) is 19.1 Å².